The lowest BCUT2D eigenvalue weighted by atomic mass is 10.1. The molecule has 96 valence electrons. The molecule has 1 heterocycles. The average Bonchev–Trinajstić information content (AvgIpc) is 2.54. The number of thioether (sulfide) groups is 1. The van der Waals surface area contributed by atoms with Gasteiger partial charge < -0.3 is 4.90 Å². The van der Waals surface area contributed by atoms with Crippen molar-refractivity contribution in [3.63, 3.8) is 0 Å². The molecule has 0 radical (unpaired) electrons. The van der Waals surface area contributed by atoms with Crippen LogP contribution in [0.2, 0.25) is 0 Å². The van der Waals surface area contributed by atoms with Crippen molar-refractivity contribution < 1.29 is 18.4 Å². The van der Waals surface area contributed by atoms with Gasteiger partial charge in [-0.05, 0) is 11.8 Å². The molecule has 0 bridgehead atoms. The number of rotatable bonds is 4. The smallest absolute Gasteiger partial charge is 0.299 e. The molecule has 0 aliphatic carbocycles. The van der Waals surface area contributed by atoms with E-state index < -0.39 is 23.3 Å². The van der Waals surface area contributed by atoms with Crippen LogP contribution in [-0.2, 0) is 4.79 Å². The van der Waals surface area contributed by atoms with Crippen LogP contribution in [0.4, 0.5) is 14.5 Å². The third-order valence-electron chi connectivity index (χ3n) is 2.65. The van der Waals surface area contributed by atoms with E-state index in [-0.39, 0.29) is 17.8 Å². The number of hydrogen-bond donors (Lipinski definition) is 0. The third-order valence-corrected chi connectivity index (χ3v) is 3.53. The van der Waals surface area contributed by atoms with Gasteiger partial charge in [-0.15, -0.1) is 0 Å². The van der Waals surface area contributed by atoms with E-state index in [1.807, 2.05) is 6.92 Å². The fourth-order valence-electron chi connectivity index (χ4n) is 1.86. The molecular weight excluding hydrogens is 260 g/mol. The Morgan fingerprint density at radius 3 is 2.67 bits per heavy atom. The highest BCUT2D eigenvalue weighted by atomic mass is 32.2. The summed E-state index contributed by atoms with van der Waals surface area (Å²) in [5.41, 5.74) is -0.276. The predicted octanol–water partition coefficient (Wildman–Crippen LogP) is 2.25. The number of carbonyl (C=O) groups excluding carboxylic acids is 2. The molecular formula is C12H11F2NO2S. The molecule has 0 saturated heterocycles. The summed E-state index contributed by atoms with van der Waals surface area (Å²) in [4.78, 5) is 24.5. The fraction of sp³-hybridized carbons (Fsp3) is 0.333. The van der Waals surface area contributed by atoms with Crippen LogP contribution in [0, 0.1) is 11.6 Å². The number of Topliss-reactive ketones (excluding diaryl/α,β-unsaturated/α-hetero) is 1. The molecule has 18 heavy (non-hydrogen) atoms. The monoisotopic (exact) mass is 271 g/mol. The quantitative estimate of drug-likeness (QED) is 0.622. The topological polar surface area (TPSA) is 37.4 Å². The Hall–Kier alpha value is -1.43. The lowest BCUT2D eigenvalue weighted by Gasteiger charge is -2.15. The van der Waals surface area contributed by atoms with Crippen LogP contribution in [0.15, 0.2) is 12.1 Å². The zero-order chi connectivity index (χ0) is 13.3. The summed E-state index contributed by atoms with van der Waals surface area (Å²) in [6, 6.07) is 1.64. The SMILES string of the molecule is CCSCCN1C(=O)C(=O)c2c(F)cc(F)cc21. The molecule has 2 rings (SSSR count). The molecule has 0 spiro atoms. The standard InChI is InChI=1S/C12H11F2NO2S/c1-2-18-4-3-15-9-6-7(13)5-8(14)10(9)11(16)12(15)17/h5-6H,2-4H2,1H3. The van der Waals surface area contributed by atoms with Gasteiger partial charge in [0.15, 0.2) is 0 Å². The van der Waals surface area contributed by atoms with Crippen molar-refractivity contribution >= 4 is 29.1 Å². The van der Waals surface area contributed by atoms with Crippen molar-refractivity contribution in [2.75, 3.05) is 23.0 Å². The van der Waals surface area contributed by atoms with Gasteiger partial charge in [0.2, 0.25) is 0 Å². The van der Waals surface area contributed by atoms with Gasteiger partial charge in [-0.1, -0.05) is 6.92 Å². The molecule has 0 aromatic heterocycles. The number of carbonyl (C=O) groups is 2. The first kappa shape index (κ1) is 13.0. The highest BCUT2D eigenvalue weighted by molar-refractivity contribution is 7.99. The van der Waals surface area contributed by atoms with Crippen LogP contribution in [-0.4, -0.2) is 29.7 Å². The number of benzene rings is 1. The second-order valence-corrected chi connectivity index (χ2v) is 5.16. The van der Waals surface area contributed by atoms with E-state index in [0.29, 0.717) is 11.8 Å². The van der Waals surface area contributed by atoms with Crippen LogP contribution in [0.5, 0.6) is 0 Å². The first-order chi connectivity index (χ1) is 8.56. The summed E-state index contributed by atoms with van der Waals surface area (Å²) in [6.45, 7) is 2.24. The highest BCUT2D eigenvalue weighted by Gasteiger charge is 2.38. The number of fused-ring (bicyclic) bond motifs is 1. The molecule has 1 aromatic rings. The minimum atomic E-state index is -0.978. The van der Waals surface area contributed by atoms with Crippen molar-refractivity contribution in [3.05, 3.63) is 29.3 Å². The van der Waals surface area contributed by atoms with Gasteiger partial charge in [-0.3, -0.25) is 9.59 Å². The summed E-state index contributed by atoms with van der Waals surface area (Å²) in [5, 5.41) is 0. The van der Waals surface area contributed by atoms with Crippen molar-refractivity contribution in [3.8, 4) is 0 Å². The van der Waals surface area contributed by atoms with E-state index in [1.165, 1.54) is 0 Å². The molecule has 3 nitrogen and oxygen atoms in total. The number of anilines is 1. The second-order valence-electron chi connectivity index (χ2n) is 3.76. The largest absolute Gasteiger partial charge is 0.304 e. The van der Waals surface area contributed by atoms with Gasteiger partial charge in [0.1, 0.15) is 11.6 Å². The number of halogens is 2. The molecule has 1 aliphatic heterocycles. The maximum atomic E-state index is 13.5. The molecule has 1 amide bonds. The summed E-state index contributed by atoms with van der Waals surface area (Å²) in [7, 11) is 0. The summed E-state index contributed by atoms with van der Waals surface area (Å²) < 4.78 is 26.6. The molecule has 0 atom stereocenters. The molecule has 1 aromatic carbocycles. The zero-order valence-corrected chi connectivity index (χ0v) is 10.5. The minimum Gasteiger partial charge on any atom is -0.304 e. The first-order valence-corrected chi connectivity index (χ1v) is 6.64. The second kappa shape index (κ2) is 5.06. The van der Waals surface area contributed by atoms with Gasteiger partial charge >= 0.3 is 0 Å². The Bertz CT molecular complexity index is 519. The summed E-state index contributed by atoms with van der Waals surface area (Å²) in [5.74, 6) is -1.96. The molecule has 0 fully saturated rings. The van der Waals surface area contributed by atoms with Crippen LogP contribution in [0.25, 0.3) is 0 Å². The van der Waals surface area contributed by atoms with Gasteiger partial charge in [0.05, 0.1) is 11.3 Å². The van der Waals surface area contributed by atoms with E-state index in [4.69, 9.17) is 0 Å². The minimum absolute atomic E-state index is 0.0409. The third kappa shape index (κ3) is 2.12. The van der Waals surface area contributed by atoms with E-state index in [1.54, 1.807) is 11.8 Å². The van der Waals surface area contributed by atoms with Gasteiger partial charge in [0, 0.05) is 18.4 Å². The van der Waals surface area contributed by atoms with E-state index >= 15 is 0 Å². The summed E-state index contributed by atoms with van der Waals surface area (Å²) >= 11 is 1.59. The number of amides is 1. The molecule has 6 heteroatoms. The Morgan fingerprint density at radius 2 is 2.00 bits per heavy atom. The Balaban J connectivity index is 2.35. The number of nitrogens with zero attached hydrogens (tertiary/aromatic N) is 1. The maximum absolute atomic E-state index is 13.5. The normalized spacial score (nSPS) is 14.3. The lowest BCUT2D eigenvalue weighted by molar-refractivity contribution is -0.114. The summed E-state index contributed by atoms with van der Waals surface area (Å²) in [6.07, 6.45) is 0. The van der Waals surface area contributed by atoms with E-state index in [2.05, 4.69) is 0 Å². The van der Waals surface area contributed by atoms with E-state index in [0.717, 1.165) is 16.7 Å². The van der Waals surface area contributed by atoms with Gasteiger partial charge in [-0.25, -0.2) is 8.78 Å². The van der Waals surface area contributed by atoms with Gasteiger partial charge in [0.25, 0.3) is 11.7 Å². The van der Waals surface area contributed by atoms with Gasteiger partial charge in [-0.2, -0.15) is 11.8 Å². The average molecular weight is 271 g/mol. The molecule has 0 unspecified atom stereocenters. The molecule has 0 saturated carbocycles. The zero-order valence-electron chi connectivity index (χ0n) is 9.70. The molecule has 1 aliphatic rings. The number of hydrogen-bond acceptors (Lipinski definition) is 3. The van der Waals surface area contributed by atoms with Crippen LogP contribution in [0.3, 0.4) is 0 Å². The van der Waals surface area contributed by atoms with Crippen molar-refractivity contribution in [1.82, 2.24) is 0 Å². The Labute approximate surface area is 107 Å². The predicted molar refractivity (Wildman–Crippen MR) is 66.0 cm³/mol. The fourth-order valence-corrected chi connectivity index (χ4v) is 2.46. The number of ketones is 1. The Kier molecular flexibility index (Phi) is 3.65. The maximum Gasteiger partial charge on any atom is 0.299 e. The van der Waals surface area contributed by atoms with E-state index in [9.17, 15) is 18.4 Å². The van der Waals surface area contributed by atoms with Crippen LogP contribution >= 0.6 is 11.8 Å². The van der Waals surface area contributed by atoms with Crippen molar-refractivity contribution in [2.24, 2.45) is 0 Å². The Morgan fingerprint density at radius 1 is 1.28 bits per heavy atom. The van der Waals surface area contributed by atoms with Crippen molar-refractivity contribution in [1.29, 1.82) is 0 Å². The first-order valence-electron chi connectivity index (χ1n) is 5.49. The van der Waals surface area contributed by atoms with Crippen molar-refractivity contribution in [2.45, 2.75) is 6.92 Å². The highest BCUT2D eigenvalue weighted by Crippen LogP contribution is 2.32. The lowest BCUT2D eigenvalue weighted by Crippen LogP contribution is -2.31. The van der Waals surface area contributed by atoms with Crippen LogP contribution in [0.1, 0.15) is 17.3 Å². The molecule has 0 N–H and O–H groups in total. The van der Waals surface area contributed by atoms with Crippen LogP contribution < -0.4 is 4.90 Å².